The van der Waals surface area contributed by atoms with Crippen LogP contribution in [0, 0.1) is 10.1 Å². The molecule has 2 aromatic rings. The zero-order chi connectivity index (χ0) is 22.1. The standard InChI is InChI=1S/C20H23N3O7/c1-4-28-17-10-13(11-18(29-5-2)19(17)30-6-3)20(25)22-21-12-14-9-15(23(26)27)7-8-16(14)24/h7-12,24H,4-6H2,1-3H3,(H,22,25)/b21-12+. The molecule has 2 rings (SSSR count). The van der Waals surface area contributed by atoms with E-state index in [1.165, 1.54) is 18.2 Å². The minimum atomic E-state index is -0.597. The van der Waals surface area contributed by atoms with Crippen molar-refractivity contribution in [2.45, 2.75) is 20.8 Å². The molecule has 0 spiro atoms. The number of hydrogen-bond donors (Lipinski definition) is 2. The molecule has 0 atom stereocenters. The molecule has 0 aliphatic rings. The highest BCUT2D eigenvalue weighted by atomic mass is 16.6. The van der Waals surface area contributed by atoms with Crippen molar-refractivity contribution in [3.63, 3.8) is 0 Å². The Balaban J connectivity index is 2.27. The van der Waals surface area contributed by atoms with E-state index in [0.29, 0.717) is 37.1 Å². The van der Waals surface area contributed by atoms with E-state index in [1.54, 1.807) is 13.8 Å². The number of nitro benzene ring substituents is 1. The summed E-state index contributed by atoms with van der Waals surface area (Å²) in [7, 11) is 0. The molecule has 0 unspecified atom stereocenters. The number of hydrogen-bond acceptors (Lipinski definition) is 8. The van der Waals surface area contributed by atoms with E-state index in [4.69, 9.17) is 14.2 Å². The molecule has 10 heteroatoms. The normalized spacial score (nSPS) is 10.6. The summed E-state index contributed by atoms with van der Waals surface area (Å²) in [4.78, 5) is 22.8. The molecule has 0 aliphatic carbocycles. The Bertz CT molecular complexity index is 917. The number of carbonyl (C=O) groups excluding carboxylic acids is 1. The monoisotopic (exact) mass is 417 g/mol. The fourth-order valence-corrected chi connectivity index (χ4v) is 2.50. The first kappa shape index (κ1) is 22.5. The topological polar surface area (TPSA) is 133 Å². The fourth-order valence-electron chi connectivity index (χ4n) is 2.50. The molecule has 10 nitrogen and oxygen atoms in total. The Labute approximate surface area is 173 Å². The number of nitrogens with zero attached hydrogens (tertiary/aromatic N) is 2. The van der Waals surface area contributed by atoms with Crippen molar-refractivity contribution < 1.29 is 29.0 Å². The lowest BCUT2D eigenvalue weighted by atomic mass is 10.1. The highest BCUT2D eigenvalue weighted by Gasteiger charge is 2.18. The number of nitrogens with one attached hydrogen (secondary N) is 1. The summed E-state index contributed by atoms with van der Waals surface area (Å²) in [6, 6.07) is 6.49. The average molecular weight is 417 g/mol. The van der Waals surface area contributed by atoms with Crippen LogP contribution in [0.25, 0.3) is 0 Å². The van der Waals surface area contributed by atoms with E-state index in [0.717, 1.165) is 18.3 Å². The van der Waals surface area contributed by atoms with Gasteiger partial charge in [-0.1, -0.05) is 0 Å². The number of hydrazone groups is 1. The zero-order valence-corrected chi connectivity index (χ0v) is 16.9. The van der Waals surface area contributed by atoms with Crippen LogP contribution in [0.15, 0.2) is 35.4 Å². The van der Waals surface area contributed by atoms with E-state index < -0.39 is 10.8 Å². The third-order valence-corrected chi connectivity index (χ3v) is 3.76. The molecule has 2 aromatic carbocycles. The molecule has 2 N–H and O–H groups in total. The third-order valence-electron chi connectivity index (χ3n) is 3.76. The zero-order valence-electron chi connectivity index (χ0n) is 16.9. The first-order valence-electron chi connectivity index (χ1n) is 9.28. The van der Waals surface area contributed by atoms with Gasteiger partial charge in [0.25, 0.3) is 11.6 Å². The molecule has 0 bridgehead atoms. The Morgan fingerprint density at radius 1 is 1.10 bits per heavy atom. The Kier molecular flexibility index (Phi) is 7.98. The molecule has 0 saturated heterocycles. The van der Waals surface area contributed by atoms with Gasteiger partial charge in [-0.15, -0.1) is 0 Å². The predicted molar refractivity (Wildman–Crippen MR) is 110 cm³/mol. The van der Waals surface area contributed by atoms with Gasteiger partial charge in [-0.25, -0.2) is 5.43 Å². The number of non-ortho nitro benzene ring substituents is 1. The molecule has 0 radical (unpaired) electrons. The van der Waals surface area contributed by atoms with Crippen LogP contribution in [0.3, 0.4) is 0 Å². The molecule has 1 amide bonds. The number of ether oxygens (including phenoxy) is 3. The second-order valence-electron chi connectivity index (χ2n) is 5.80. The lowest BCUT2D eigenvalue weighted by molar-refractivity contribution is -0.384. The van der Waals surface area contributed by atoms with E-state index >= 15 is 0 Å². The highest BCUT2D eigenvalue weighted by Crippen LogP contribution is 2.39. The predicted octanol–water partition coefficient (Wildman–Crippen LogP) is 3.26. The first-order chi connectivity index (χ1) is 14.4. The van der Waals surface area contributed by atoms with Crippen molar-refractivity contribution in [2.75, 3.05) is 19.8 Å². The van der Waals surface area contributed by atoms with Crippen molar-refractivity contribution in [3.05, 3.63) is 51.6 Å². The number of aromatic hydroxyl groups is 1. The van der Waals surface area contributed by atoms with E-state index in [2.05, 4.69) is 10.5 Å². The van der Waals surface area contributed by atoms with Gasteiger partial charge >= 0.3 is 0 Å². The van der Waals surface area contributed by atoms with Crippen LogP contribution in [0.4, 0.5) is 5.69 Å². The Morgan fingerprint density at radius 3 is 2.23 bits per heavy atom. The summed E-state index contributed by atoms with van der Waals surface area (Å²) < 4.78 is 16.7. The summed E-state index contributed by atoms with van der Waals surface area (Å²) >= 11 is 0. The second kappa shape index (κ2) is 10.6. The molecule has 0 aromatic heterocycles. The second-order valence-corrected chi connectivity index (χ2v) is 5.80. The first-order valence-corrected chi connectivity index (χ1v) is 9.28. The Hall–Kier alpha value is -3.82. The van der Waals surface area contributed by atoms with Gasteiger partial charge in [0.05, 0.1) is 31.0 Å². The maximum Gasteiger partial charge on any atom is 0.271 e. The number of phenols is 1. The van der Waals surface area contributed by atoms with Gasteiger partial charge in [0.15, 0.2) is 11.5 Å². The molecule has 0 fully saturated rings. The number of phenolic OH excluding ortho intramolecular Hbond substituents is 1. The summed E-state index contributed by atoms with van der Waals surface area (Å²) in [6.07, 6.45) is 1.11. The van der Waals surface area contributed by atoms with Crippen LogP contribution >= 0.6 is 0 Å². The molecule has 0 heterocycles. The van der Waals surface area contributed by atoms with Crippen LogP contribution in [0.1, 0.15) is 36.7 Å². The summed E-state index contributed by atoms with van der Waals surface area (Å²) in [5.74, 6) is 0.340. The number of nitro groups is 1. The van der Waals surface area contributed by atoms with E-state index in [-0.39, 0.29) is 22.6 Å². The average Bonchev–Trinajstić information content (AvgIpc) is 2.71. The molecule has 0 saturated carbocycles. The molecular weight excluding hydrogens is 394 g/mol. The van der Waals surface area contributed by atoms with Crippen LogP contribution in [0.5, 0.6) is 23.0 Å². The van der Waals surface area contributed by atoms with Gasteiger partial charge < -0.3 is 19.3 Å². The SMILES string of the molecule is CCOc1cc(C(=O)N/N=C/c2cc([N+](=O)[O-])ccc2O)cc(OCC)c1OCC. The quantitative estimate of drug-likeness (QED) is 0.344. The van der Waals surface area contributed by atoms with Gasteiger partial charge in [0.1, 0.15) is 5.75 Å². The van der Waals surface area contributed by atoms with E-state index in [9.17, 15) is 20.0 Å². The lowest BCUT2D eigenvalue weighted by Gasteiger charge is -2.16. The van der Waals surface area contributed by atoms with Gasteiger partial charge in [-0.05, 0) is 39.0 Å². The molecular formula is C20H23N3O7. The van der Waals surface area contributed by atoms with Crippen molar-refractivity contribution in [1.29, 1.82) is 0 Å². The number of rotatable bonds is 10. The minimum absolute atomic E-state index is 0.0844. The van der Waals surface area contributed by atoms with Gasteiger partial charge in [-0.3, -0.25) is 14.9 Å². The largest absolute Gasteiger partial charge is 0.507 e. The highest BCUT2D eigenvalue weighted by molar-refractivity contribution is 5.96. The molecule has 30 heavy (non-hydrogen) atoms. The van der Waals surface area contributed by atoms with Crippen molar-refractivity contribution in [3.8, 4) is 23.0 Å². The van der Waals surface area contributed by atoms with Gasteiger partial charge in [0, 0.05) is 23.3 Å². The minimum Gasteiger partial charge on any atom is -0.507 e. The van der Waals surface area contributed by atoms with E-state index in [1.807, 2.05) is 6.92 Å². The fraction of sp³-hybridized carbons (Fsp3) is 0.300. The van der Waals surface area contributed by atoms with Crippen LogP contribution < -0.4 is 19.6 Å². The van der Waals surface area contributed by atoms with Crippen LogP contribution in [-0.4, -0.2) is 42.0 Å². The smallest absolute Gasteiger partial charge is 0.271 e. The van der Waals surface area contributed by atoms with Gasteiger partial charge in [0.2, 0.25) is 5.75 Å². The third kappa shape index (κ3) is 5.60. The maximum atomic E-state index is 12.5. The van der Waals surface area contributed by atoms with Crippen LogP contribution in [-0.2, 0) is 0 Å². The van der Waals surface area contributed by atoms with Gasteiger partial charge in [-0.2, -0.15) is 5.10 Å². The summed E-state index contributed by atoms with van der Waals surface area (Å²) in [5, 5.41) is 24.4. The Morgan fingerprint density at radius 2 is 1.70 bits per heavy atom. The molecule has 0 aliphatic heterocycles. The maximum absolute atomic E-state index is 12.5. The molecule has 160 valence electrons. The lowest BCUT2D eigenvalue weighted by Crippen LogP contribution is -2.18. The van der Waals surface area contributed by atoms with Crippen LogP contribution in [0.2, 0.25) is 0 Å². The van der Waals surface area contributed by atoms with Crippen molar-refractivity contribution in [1.82, 2.24) is 5.43 Å². The summed E-state index contributed by atoms with van der Waals surface area (Å²) in [5.41, 5.74) is 2.40. The number of amides is 1. The summed E-state index contributed by atoms with van der Waals surface area (Å²) in [6.45, 7) is 6.55. The number of benzene rings is 2. The number of carbonyl (C=O) groups is 1. The van der Waals surface area contributed by atoms with Crippen molar-refractivity contribution in [2.24, 2.45) is 5.10 Å². The van der Waals surface area contributed by atoms with Crippen molar-refractivity contribution >= 4 is 17.8 Å².